The molecular weight excluding hydrogens is 848 g/mol. The summed E-state index contributed by atoms with van der Waals surface area (Å²) in [7, 11) is -5.02. The lowest BCUT2D eigenvalue weighted by atomic mass is 9.85. The average molecular weight is 947 g/mol. The maximum absolute atomic E-state index is 12.9. The maximum Gasteiger partial charge on any atom is 0.472 e. The second kappa shape index (κ2) is 42.9. The zero-order valence-electron chi connectivity index (χ0n) is 41.3. The highest BCUT2D eigenvalue weighted by Gasteiger charge is 2.51. The number of carbonyl (C=O) groups excluding carboxylic acids is 1. The second-order valence-electron chi connectivity index (χ2n) is 18.7. The monoisotopic (exact) mass is 947 g/mol. The van der Waals surface area contributed by atoms with Crippen LogP contribution in [0.2, 0.25) is 0 Å². The minimum Gasteiger partial charge on any atom is -0.457 e. The fourth-order valence-corrected chi connectivity index (χ4v) is 9.26. The van der Waals surface area contributed by atoms with Crippen molar-refractivity contribution in [1.82, 2.24) is 0 Å². The zero-order valence-corrected chi connectivity index (χ0v) is 42.2. The quantitative estimate of drug-likeness (QED) is 0.0147. The highest BCUT2D eigenvalue weighted by Crippen LogP contribution is 2.47. The first-order chi connectivity index (χ1) is 31.5. The molecule has 384 valence electrons. The molecule has 6 atom stereocenters. The second-order valence-corrected chi connectivity index (χ2v) is 20.1. The van der Waals surface area contributed by atoms with Gasteiger partial charge in [-0.3, -0.25) is 13.8 Å². The van der Waals surface area contributed by atoms with Gasteiger partial charge in [0.05, 0.1) is 13.2 Å². The van der Waals surface area contributed by atoms with Crippen LogP contribution in [-0.2, 0) is 27.9 Å². The topological polar surface area (TPSA) is 192 Å². The number of carbonyl (C=O) groups is 1. The van der Waals surface area contributed by atoms with Crippen LogP contribution in [-0.4, -0.2) is 98.9 Å². The number of rotatable bonds is 46. The van der Waals surface area contributed by atoms with Crippen LogP contribution in [0.4, 0.5) is 0 Å². The molecule has 0 aromatic carbocycles. The third-order valence-corrected chi connectivity index (χ3v) is 13.5. The van der Waals surface area contributed by atoms with Crippen molar-refractivity contribution in [3.63, 3.8) is 0 Å². The molecule has 1 aliphatic carbocycles. The predicted octanol–water partition coefficient (Wildman–Crippen LogP) is 12.0. The van der Waals surface area contributed by atoms with Crippen molar-refractivity contribution in [3.8, 4) is 0 Å². The molecule has 0 aliphatic heterocycles. The van der Waals surface area contributed by atoms with Crippen LogP contribution in [0.5, 0.6) is 0 Å². The summed E-state index contributed by atoms with van der Waals surface area (Å²) in [5.41, 5.74) is 0. The van der Waals surface area contributed by atoms with Crippen molar-refractivity contribution in [1.29, 1.82) is 0 Å². The van der Waals surface area contributed by atoms with E-state index in [1.165, 1.54) is 167 Å². The van der Waals surface area contributed by atoms with Crippen LogP contribution in [0.1, 0.15) is 239 Å². The summed E-state index contributed by atoms with van der Waals surface area (Å²) >= 11 is 0. The van der Waals surface area contributed by atoms with E-state index in [1.807, 2.05) is 0 Å². The summed E-state index contributed by atoms with van der Waals surface area (Å²) in [5.74, 6) is -0.479. The zero-order chi connectivity index (χ0) is 47.6. The Kier molecular flexibility index (Phi) is 40.8. The first-order valence-corrected chi connectivity index (χ1v) is 28.2. The molecule has 0 radical (unpaired) electrons. The van der Waals surface area contributed by atoms with E-state index < -0.39 is 63.1 Å². The molecule has 1 rings (SSSR count). The molecule has 1 saturated carbocycles. The molecule has 0 aromatic heterocycles. The third kappa shape index (κ3) is 34.7. The van der Waals surface area contributed by atoms with Crippen LogP contribution in [0.15, 0.2) is 24.3 Å². The van der Waals surface area contributed by atoms with Crippen LogP contribution >= 0.6 is 7.82 Å². The van der Waals surface area contributed by atoms with E-state index in [-0.39, 0.29) is 13.0 Å². The van der Waals surface area contributed by atoms with E-state index in [1.54, 1.807) is 0 Å². The Bertz CT molecular complexity index is 1170. The van der Waals surface area contributed by atoms with Crippen LogP contribution in [0.25, 0.3) is 0 Å². The number of phosphoric ester groups is 1. The van der Waals surface area contributed by atoms with E-state index in [2.05, 4.69) is 38.2 Å². The summed E-state index contributed by atoms with van der Waals surface area (Å²) in [6.07, 6.45) is 38.1. The smallest absolute Gasteiger partial charge is 0.457 e. The molecule has 6 N–H and O–H groups in total. The van der Waals surface area contributed by atoms with Gasteiger partial charge in [-0.25, -0.2) is 4.57 Å². The Hall–Kier alpha value is -1.18. The number of esters is 1. The molecule has 1 aliphatic rings. The van der Waals surface area contributed by atoms with E-state index in [4.69, 9.17) is 18.5 Å². The van der Waals surface area contributed by atoms with Gasteiger partial charge in [0.2, 0.25) is 0 Å². The summed E-state index contributed by atoms with van der Waals surface area (Å²) < 4.78 is 34.3. The molecule has 1 fully saturated rings. The molecule has 12 nitrogen and oxygen atoms in total. The maximum atomic E-state index is 12.9. The third-order valence-electron chi connectivity index (χ3n) is 12.5. The number of hydrogen-bond donors (Lipinski definition) is 6. The standard InChI is InChI=1S/C52H99O12P/c1-3-5-7-9-11-13-15-17-19-21-23-24-26-28-30-32-34-36-38-40-42-61-43-45(44-62-65(59,60)64-52-50(57)48(55)47(54)49(56)51(52)58)63-46(53)41-39-37-35-33-31-29-27-25-22-20-18-16-14-12-10-8-6-4-2/h17,19-20,22,45,47-52,54-58H,3-16,18,21,23-44H2,1-2H3,(H,59,60)/b19-17-,22-20-. The molecule has 0 aromatic rings. The van der Waals surface area contributed by atoms with Gasteiger partial charge in [0.15, 0.2) is 0 Å². The molecule has 0 bridgehead atoms. The number of phosphoric acid groups is 1. The summed E-state index contributed by atoms with van der Waals surface area (Å²) in [6, 6.07) is 0. The molecule has 6 unspecified atom stereocenters. The number of ether oxygens (including phenoxy) is 2. The van der Waals surface area contributed by atoms with Gasteiger partial charge in [-0.2, -0.15) is 0 Å². The lowest BCUT2D eigenvalue weighted by Crippen LogP contribution is -2.64. The molecule has 0 saturated heterocycles. The Morgan fingerprint density at radius 3 is 1.22 bits per heavy atom. The minimum absolute atomic E-state index is 0.0761. The SMILES string of the molecule is CCCCCCCC/C=C\CCCCCCCCCCCCOCC(COP(=O)(O)OC1C(O)C(O)C(O)C(O)C1O)OC(=O)CCCCCCCCC/C=C\CCCCCCCCC. The Morgan fingerprint density at radius 2 is 0.815 bits per heavy atom. The van der Waals surface area contributed by atoms with Crippen molar-refractivity contribution in [2.75, 3.05) is 19.8 Å². The van der Waals surface area contributed by atoms with Crippen molar-refractivity contribution in [2.45, 2.75) is 281 Å². The number of unbranched alkanes of at least 4 members (excludes halogenated alkanes) is 30. The fourth-order valence-electron chi connectivity index (χ4n) is 8.29. The lowest BCUT2D eigenvalue weighted by molar-refractivity contribution is -0.220. The van der Waals surface area contributed by atoms with Gasteiger partial charge in [0.25, 0.3) is 0 Å². The number of allylic oxidation sites excluding steroid dienone is 4. The molecule has 0 heterocycles. The molecule has 0 spiro atoms. The van der Waals surface area contributed by atoms with Gasteiger partial charge in [-0.05, 0) is 64.2 Å². The first-order valence-electron chi connectivity index (χ1n) is 26.7. The average Bonchev–Trinajstić information content (AvgIpc) is 3.29. The van der Waals surface area contributed by atoms with Crippen LogP contribution in [0.3, 0.4) is 0 Å². The number of aliphatic hydroxyl groups is 5. The molecule has 13 heteroatoms. The van der Waals surface area contributed by atoms with E-state index in [9.17, 15) is 39.8 Å². The highest BCUT2D eigenvalue weighted by molar-refractivity contribution is 7.47. The summed E-state index contributed by atoms with van der Waals surface area (Å²) in [6.45, 7) is 4.28. The lowest BCUT2D eigenvalue weighted by Gasteiger charge is -2.41. The minimum atomic E-state index is -5.02. The van der Waals surface area contributed by atoms with Crippen molar-refractivity contribution < 1.29 is 58.3 Å². The van der Waals surface area contributed by atoms with Gasteiger partial charge in [0, 0.05) is 13.0 Å². The highest BCUT2D eigenvalue weighted by atomic mass is 31.2. The largest absolute Gasteiger partial charge is 0.472 e. The van der Waals surface area contributed by atoms with Crippen LogP contribution in [0, 0.1) is 0 Å². The Balaban J connectivity index is 2.32. The normalized spacial score (nSPS) is 21.7. The van der Waals surface area contributed by atoms with E-state index >= 15 is 0 Å². The number of hydrogen-bond acceptors (Lipinski definition) is 11. The van der Waals surface area contributed by atoms with Crippen molar-refractivity contribution in [3.05, 3.63) is 24.3 Å². The van der Waals surface area contributed by atoms with Gasteiger partial charge < -0.3 is 39.9 Å². The Labute approximate surface area is 396 Å². The van der Waals surface area contributed by atoms with Gasteiger partial charge >= 0.3 is 13.8 Å². The van der Waals surface area contributed by atoms with E-state index in [0.717, 1.165) is 44.9 Å². The van der Waals surface area contributed by atoms with Crippen molar-refractivity contribution >= 4 is 13.8 Å². The molecule has 0 amide bonds. The summed E-state index contributed by atoms with van der Waals surface area (Å²) in [5, 5.41) is 50.3. The van der Waals surface area contributed by atoms with E-state index in [0.29, 0.717) is 13.0 Å². The molecular formula is C52H99O12P. The van der Waals surface area contributed by atoms with Crippen molar-refractivity contribution in [2.24, 2.45) is 0 Å². The Morgan fingerprint density at radius 1 is 0.477 bits per heavy atom. The van der Waals surface area contributed by atoms with Gasteiger partial charge in [-0.15, -0.1) is 0 Å². The number of aliphatic hydroxyl groups excluding tert-OH is 5. The predicted molar refractivity (Wildman–Crippen MR) is 263 cm³/mol. The molecule has 65 heavy (non-hydrogen) atoms. The van der Waals surface area contributed by atoms with Crippen LogP contribution < -0.4 is 0 Å². The van der Waals surface area contributed by atoms with Gasteiger partial charge in [0.1, 0.15) is 42.7 Å². The summed E-state index contributed by atoms with van der Waals surface area (Å²) in [4.78, 5) is 23.3. The first kappa shape index (κ1) is 61.8. The van der Waals surface area contributed by atoms with Gasteiger partial charge in [-0.1, -0.05) is 192 Å². The fraction of sp³-hybridized carbons (Fsp3) is 0.904.